The standard InChI is InChI=1S/C17H17N3O3/c1-23-16-9-14-12(8-13(16)18)10-20(19-14)15(17(21)22)7-11-5-3-2-4-6-11/h2-6,8-10,15H,7,18H2,1H3,(H,21,22). The third-order valence-corrected chi connectivity index (χ3v) is 3.75. The highest BCUT2D eigenvalue weighted by molar-refractivity contribution is 5.85. The Bertz CT molecular complexity index is 843. The van der Waals surface area contributed by atoms with Crippen LogP contribution in [0, 0.1) is 0 Å². The molecular weight excluding hydrogens is 294 g/mol. The second-order valence-electron chi connectivity index (χ2n) is 5.31. The van der Waals surface area contributed by atoms with Crippen LogP contribution in [-0.4, -0.2) is 28.0 Å². The van der Waals surface area contributed by atoms with Gasteiger partial charge in [-0.2, -0.15) is 5.10 Å². The van der Waals surface area contributed by atoms with E-state index in [1.54, 1.807) is 18.3 Å². The van der Waals surface area contributed by atoms with Crippen molar-refractivity contribution in [2.75, 3.05) is 12.8 Å². The molecule has 0 aliphatic heterocycles. The SMILES string of the molecule is COc1cc2nn(C(Cc3ccccc3)C(=O)O)cc2cc1N. The van der Waals surface area contributed by atoms with Gasteiger partial charge in [-0.3, -0.25) is 4.68 Å². The maximum atomic E-state index is 11.7. The number of fused-ring (bicyclic) bond motifs is 1. The lowest BCUT2D eigenvalue weighted by atomic mass is 10.1. The number of benzene rings is 2. The minimum absolute atomic E-state index is 0.358. The average Bonchev–Trinajstić information content (AvgIpc) is 2.94. The molecular formula is C17H17N3O3. The van der Waals surface area contributed by atoms with Gasteiger partial charge in [0.25, 0.3) is 0 Å². The number of aliphatic carboxylic acids is 1. The second-order valence-corrected chi connectivity index (χ2v) is 5.31. The van der Waals surface area contributed by atoms with Gasteiger partial charge in [-0.25, -0.2) is 4.79 Å². The smallest absolute Gasteiger partial charge is 0.328 e. The van der Waals surface area contributed by atoms with Crippen molar-refractivity contribution in [2.45, 2.75) is 12.5 Å². The van der Waals surface area contributed by atoms with E-state index in [2.05, 4.69) is 5.10 Å². The molecule has 0 aliphatic rings. The van der Waals surface area contributed by atoms with Gasteiger partial charge in [0.2, 0.25) is 0 Å². The number of nitrogens with zero attached hydrogens (tertiary/aromatic N) is 2. The lowest BCUT2D eigenvalue weighted by Gasteiger charge is -2.12. The summed E-state index contributed by atoms with van der Waals surface area (Å²) < 4.78 is 6.65. The summed E-state index contributed by atoms with van der Waals surface area (Å²) in [7, 11) is 1.53. The van der Waals surface area contributed by atoms with Crippen molar-refractivity contribution in [2.24, 2.45) is 0 Å². The number of nitrogen functional groups attached to an aromatic ring is 1. The van der Waals surface area contributed by atoms with E-state index < -0.39 is 12.0 Å². The Morgan fingerprint density at radius 1 is 1.35 bits per heavy atom. The zero-order valence-electron chi connectivity index (χ0n) is 12.6. The van der Waals surface area contributed by atoms with Crippen LogP contribution in [0.15, 0.2) is 48.7 Å². The van der Waals surface area contributed by atoms with E-state index in [1.807, 2.05) is 30.3 Å². The molecule has 0 spiro atoms. The minimum Gasteiger partial charge on any atom is -0.495 e. The van der Waals surface area contributed by atoms with Crippen LogP contribution in [0.25, 0.3) is 10.9 Å². The zero-order chi connectivity index (χ0) is 16.4. The fraction of sp³-hybridized carbons (Fsp3) is 0.176. The summed E-state index contributed by atoms with van der Waals surface area (Å²) in [5, 5.41) is 14.7. The number of carboxylic acids is 1. The Balaban J connectivity index is 1.99. The largest absolute Gasteiger partial charge is 0.495 e. The van der Waals surface area contributed by atoms with Crippen LogP contribution in [0.4, 0.5) is 5.69 Å². The monoisotopic (exact) mass is 311 g/mol. The molecule has 3 rings (SSSR count). The van der Waals surface area contributed by atoms with E-state index in [0.717, 1.165) is 10.9 Å². The van der Waals surface area contributed by atoms with Gasteiger partial charge in [-0.05, 0) is 11.6 Å². The first-order valence-electron chi connectivity index (χ1n) is 7.17. The van der Waals surface area contributed by atoms with E-state index >= 15 is 0 Å². The van der Waals surface area contributed by atoms with Crippen LogP contribution < -0.4 is 10.5 Å². The molecule has 0 radical (unpaired) electrons. The number of aromatic nitrogens is 2. The van der Waals surface area contributed by atoms with Crippen molar-refractivity contribution in [3.63, 3.8) is 0 Å². The van der Waals surface area contributed by atoms with Crippen molar-refractivity contribution in [3.05, 3.63) is 54.2 Å². The Morgan fingerprint density at radius 2 is 2.09 bits per heavy atom. The molecule has 6 heteroatoms. The fourth-order valence-corrected chi connectivity index (χ4v) is 2.56. The minimum atomic E-state index is -0.929. The van der Waals surface area contributed by atoms with Gasteiger partial charge in [-0.1, -0.05) is 30.3 Å². The number of nitrogens with two attached hydrogens (primary N) is 1. The summed E-state index contributed by atoms with van der Waals surface area (Å²) in [4.78, 5) is 11.7. The number of carboxylic acid groups (broad SMARTS) is 1. The first kappa shape index (κ1) is 14.9. The van der Waals surface area contributed by atoms with Crippen LogP contribution in [0.3, 0.4) is 0 Å². The molecule has 0 bridgehead atoms. The Labute approximate surface area is 133 Å². The highest BCUT2D eigenvalue weighted by atomic mass is 16.5. The molecule has 1 aromatic heterocycles. The fourth-order valence-electron chi connectivity index (χ4n) is 2.56. The predicted octanol–water partition coefficient (Wildman–Crippen LogP) is 2.50. The van der Waals surface area contributed by atoms with Crippen LogP contribution >= 0.6 is 0 Å². The first-order chi connectivity index (χ1) is 11.1. The van der Waals surface area contributed by atoms with Crippen LogP contribution in [-0.2, 0) is 11.2 Å². The maximum absolute atomic E-state index is 11.7. The Kier molecular flexibility index (Phi) is 3.89. The van der Waals surface area contributed by atoms with E-state index in [1.165, 1.54) is 11.8 Å². The van der Waals surface area contributed by atoms with Gasteiger partial charge in [0, 0.05) is 24.1 Å². The van der Waals surface area contributed by atoms with Crippen molar-refractivity contribution >= 4 is 22.6 Å². The molecule has 23 heavy (non-hydrogen) atoms. The zero-order valence-corrected chi connectivity index (χ0v) is 12.6. The van der Waals surface area contributed by atoms with Gasteiger partial charge in [0.1, 0.15) is 5.75 Å². The van der Waals surface area contributed by atoms with Gasteiger partial charge in [0.05, 0.1) is 18.3 Å². The molecule has 0 amide bonds. The molecule has 1 atom stereocenters. The summed E-state index contributed by atoms with van der Waals surface area (Å²) in [6, 6.07) is 12.1. The van der Waals surface area contributed by atoms with Gasteiger partial charge >= 0.3 is 5.97 Å². The Hall–Kier alpha value is -3.02. The molecule has 0 aliphatic carbocycles. The number of methoxy groups -OCH3 is 1. The topological polar surface area (TPSA) is 90.4 Å². The molecule has 1 unspecified atom stereocenters. The van der Waals surface area contributed by atoms with E-state index in [0.29, 0.717) is 23.4 Å². The van der Waals surface area contributed by atoms with Crippen molar-refractivity contribution in [1.29, 1.82) is 0 Å². The third-order valence-electron chi connectivity index (χ3n) is 3.75. The quantitative estimate of drug-likeness (QED) is 0.707. The van der Waals surface area contributed by atoms with E-state index in [-0.39, 0.29) is 0 Å². The van der Waals surface area contributed by atoms with Crippen molar-refractivity contribution < 1.29 is 14.6 Å². The Morgan fingerprint density at radius 3 is 2.74 bits per heavy atom. The molecule has 118 valence electrons. The van der Waals surface area contributed by atoms with Gasteiger partial charge in [-0.15, -0.1) is 0 Å². The van der Waals surface area contributed by atoms with Gasteiger partial charge in [0.15, 0.2) is 6.04 Å². The van der Waals surface area contributed by atoms with Crippen molar-refractivity contribution in [1.82, 2.24) is 9.78 Å². The summed E-state index contributed by atoms with van der Waals surface area (Å²) in [6.45, 7) is 0. The van der Waals surface area contributed by atoms with Gasteiger partial charge < -0.3 is 15.6 Å². The van der Waals surface area contributed by atoms with Crippen LogP contribution in [0.5, 0.6) is 5.75 Å². The number of rotatable bonds is 5. The summed E-state index contributed by atoms with van der Waals surface area (Å²) in [5.74, 6) is -0.403. The summed E-state index contributed by atoms with van der Waals surface area (Å²) in [5.41, 5.74) is 7.97. The normalized spacial score (nSPS) is 12.2. The number of carbonyl (C=O) groups is 1. The molecule has 0 saturated carbocycles. The van der Waals surface area contributed by atoms with E-state index in [9.17, 15) is 9.90 Å². The van der Waals surface area contributed by atoms with Crippen LogP contribution in [0.1, 0.15) is 11.6 Å². The van der Waals surface area contributed by atoms with E-state index in [4.69, 9.17) is 10.5 Å². The lowest BCUT2D eigenvalue weighted by molar-refractivity contribution is -0.141. The molecule has 3 aromatic rings. The lowest BCUT2D eigenvalue weighted by Crippen LogP contribution is -2.21. The molecule has 1 heterocycles. The highest BCUT2D eigenvalue weighted by Crippen LogP contribution is 2.28. The maximum Gasteiger partial charge on any atom is 0.328 e. The predicted molar refractivity (Wildman–Crippen MR) is 87.5 cm³/mol. The van der Waals surface area contributed by atoms with Crippen LogP contribution in [0.2, 0.25) is 0 Å². The molecule has 3 N–H and O–H groups in total. The summed E-state index contributed by atoms with van der Waals surface area (Å²) in [6.07, 6.45) is 2.06. The molecule has 2 aromatic carbocycles. The second kappa shape index (κ2) is 6.00. The average molecular weight is 311 g/mol. The number of ether oxygens (including phenoxy) is 1. The molecule has 6 nitrogen and oxygen atoms in total. The number of hydrogen-bond acceptors (Lipinski definition) is 4. The molecule has 0 fully saturated rings. The summed E-state index contributed by atoms with van der Waals surface area (Å²) >= 11 is 0. The third kappa shape index (κ3) is 2.96. The molecule has 0 saturated heterocycles. The number of hydrogen-bond donors (Lipinski definition) is 2. The number of anilines is 1. The van der Waals surface area contributed by atoms with Crippen molar-refractivity contribution in [3.8, 4) is 5.75 Å². The highest BCUT2D eigenvalue weighted by Gasteiger charge is 2.22. The first-order valence-corrected chi connectivity index (χ1v) is 7.17.